The van der Waals surface area contributed by atoms with Gasteiger partial charge in [0.2, 0.25) is 0 Å². The van der Waals surface area contributed by atoms with Gasteiger partial charge in [-0.1, -0.05) is 12.1 Å². The van der Waals surface area contributed by atoms with Gasteiger partial charge < -0.3 is 15.0 Å². The molecule has 0 aromatic heterocycles. The summed E-state index contributed by atoms with van der Waals surface area (Å²) in [6.45, 7) is 2.19. The number of nitrogens with one attached hydrogen (secondary N) is 1. The second-order valence-electron chi connectivity index (χ2n) is 4.25. The summed E-state index contributed by atoms with van der Waals surface area (Å²) >= 11 is 0. The van der Waals surface area contributed by atoms with Crippen LogP contribution in [-0.4, -0.2) is 33.3 Å². The molecule has 3 nitrogen and oxygen atoms in total. The quantitative estimate of drug-likeness (QED) is 0.842. The average Bonchev–Trinajstić information content (AvgIpc) is 2.38. The highest BCUT2D eigenvalue weighted by Gasteiger charge is 2.20. The van der Waals surface area contributed by atoms with E-state index in [-0.39, 0.29) is 0 Å². The first-order valence-corrected chi connectivity index (χ1v) is 5.90. The first-order valence-electron chi connectivity index (χ1n) is 5.90. The fourth-order valence-corrected chi connectivity index (χ4v) is 2.32. The molecule has 88 valence electrons. The van der Waals surface area contributed by atoms with Crippen molar-refractivity contribution in [1.29, 1.82) is 0 Å². The lowest BCUT2D eigenvalue weighted by atomic mass is 10.1. The Morgan fingerprint density at radius 1 is 1.38 bits per heavy atom. The van der Waals surface area contributed by atoms with Crippen LogP contribution < -0.4 is 15.0 Å². The normalized spacial score (nSPS) is 20.9. The summed E-state index contributed by atoms with van der Waals surface area (Å²) in [6.07, 6.45) is 2.51. The van der Waals surface area contributed by atoms with Crippen molar-refractivity contribution in [2.75, 3.05) is 32.1 Å². The Labute approximate surface area is 97.4 Å². The second kappa shape index (κ2) is 5.21. The maximum absolute atomic E-state index is 5.41. The summed E-state index contributed by atoms with van der Waals surface area (Å²) in [4.78, 5) is 2.41. The molecule has 1 N–H and O–H groups in total. The number of hydrogen-bond acceptors (Lipinski definition) is 3. The van der Waals surface area contributed by atoms with Crippen LogP contribution in [0.3, 0.4) is 0 Å². The number of benzene rings is 1. The standard InChI is InChI=1S/C13H20N2O/c1-14-11-6-5-9-15(10-11)12-7-3-4-8-13(12)16-2/h3-4,7-8,11,14H,5-6,9-10H2,1-2H3. The Balaban J connectivity index is 2.16. The second-order valence-corrected chi connectivity index (χ2v) is 4.25. The molecule has 1 aliphatic heterocycles. The van der Waals surface area contributed by atoms with Crippen molar-refractivity contribution in [1.82, 2.24) is 5.32 Å². The first-order chi connectivity index (χ1) is 7.85. The number of hydrogen-bond donors (Lipinski definition) is 1. The highest BCUT2D eigenvalue weighted by molar-refractivity contribution is 5.58. The van der Waals surface area contributed by atoms with Gasteiger partial charge in [-0.2, -0.15) is 0 Å². The number of anilines is 1. The molecule has 1 saturated heterocycles. The zero-order chi connectivity index (χ0) is 11.4. The highest BCUT2D eigenvalue weighted by Crippen LogP contribution is 2.29. The van der Waals surface area contributed by atoms with Gasteiger partial charge >= 0.3 is 0 Å². The predicted octanol–water partition coefficient (Wildman–Crippen LogP) is 1.88. The molecule has 0 aliphatic carbocycles. The third kappa shape index (κ3) is 2.30. The molecular formula is C13H20N2O. The Hall–Kier alpha value is -1.22. The van der Waals surface area contributed by atoms with E-state index >= 15 is 0 Å². The number of methoxy groups -OCH3 is 1. The van der Waals surface area contributed by atoms with Gasteiger partial charge in [-0.05, 0) is 32.0 Å². The number of likely N-dealkylation sites (N-methyl/N-ethyl adjacent to an activating group) is 1. The predicted molar refractivity (Wildman–Crippen MR) is 67.3 cm³/mol. The van der Waals surface area contributed by atoms with Crippen LogP contribution in [0.15, 0.2) is 24.3 Å². The van der Waals surface area contributed by atoms with Crippen molar-refractivity contribution < 1.29 is 4.74 Å². The topological polar surface area (TPSA) is 24.5 Å². The van der Waals surface area contributed by atoms with E-state index in [1.54, 1.807) is 7.11 Å². The van der Waals surface area contributed by atoms with E-state index < -0.39 is 0 Å². The minimum absolute atomic E-state index is 0.596. The molecular weight excluding hydrogens is 200 g/mol. The van der Waals surface area contributed by atoms with Gasteiger partial charge in [0.05, 0.1) is 12.8 Å². The Morgan fingerprint density at radius 2 is 2.19 bits per heavy atom. The fraction of sp³-hybridized carbons (Fsp3) is 0.538. The molecule has 1 aromatic rings. The van der Waals surface area contributed by atoms with Crippen molar-refractivity contribution in [3.8, 4) is 5.75 Å². The van der Waals surface area contributed by atoms with Crippen molar-refractivity contribution in [2.45, 2.75) is 18.9 Å². The van der Waals surface area contributed by atoms with E-state index in [9.17, 15) is 0 Å². The lowest BCUT2D eigenvalue weighted by molar-refractivity contribution is 0.406. The van der Waals surface area contributed by atoms with Crippen molar-refractivity contribution in [2.24, 2.45) is 0 Å². The third-order valence-electron chi connectivity index (χ3n) is 3.26. The van der Waals surface area contributed by atoms with Crippen LogP contribution in [0.4, 0.5) is 5.69 Å². The maximum Gasteiger partial charge on any atom is 0.142 e. The molecule has 1 aliphatic rings. The molecule has 1 aromatic carbocycles. The molecule has 1 fully saturated rings. The molecule has 0 bridgehead atoms. The Bertz CT molecular complexity index is 340. The largest absolute Gasteiger partial charge is 0.495 e. The summed E-state index contributed by atoms with van der Waals surface area (Å²) in [5.74, 6) is 0.972. The van der Waals surface area contributed by atoms with Crippen molar-refractivity contribution in [3.05, 3.63) is 24.3 Å². The fourth-order valence-electron chi connectivity index (χ4n) is 2.32. The van der Waals surface area contributed by atoms with Crippen LogP contribution in [0.2, 0.25) is 0 Å². The number of nitrogens with zero attached hydrogens (tertiary/aromatic N) is 1. The van der Waals surface area contributed by atoms with Crippen molar-refractivity contribution in [3.63, 3.8) is 0 Å². The van der Waals surface area contributed by atoms with E-state index in [2.05, 4.69) is 22.3 Å². The summed E-state index contributed by atoms with van der Waals surface area (Å²) in [5.41, 5.74) is 1.21. The number of ether oxygens (including phenoxy) is 1. The number of para-hydroxylation sites is 2. The molecule has 0 radical (unpaired) electrons. The summed E-state index contributed by atoms with van der Waals surface area (Å²) in [6, 6.07) is 8.84. The van der Waals surface area contributed by atoms with Crippen LogP contribution in [0.5, 0.6) is 5.75 Å². The molecule has 0 amide bonds. The van der Waals surface area contributed by atoms with Crippen LogP contribution >= 0.6 is 0 Å². The molecule has 1 atom stereocenters. The van der Waals surface area contributed by atoms with E-state index in [1.165, 1.54) is 18.5 Å². The summed E-state index contributed by atoms with van der Waals surface area (Å²) in [7, 11) is 3.77. The highest BCUT2D eigenvalue weighted by atomic mass is 16.5. The van der Waals surface area contributed by atoms with Gasteiger partial charge in [0, 0.05) is 19.1 Å². The number of rotatable bonds is 3. The van der Waals surface area contributed by atoms with E-state index in [0.29, 0.717) is 6.04 Å². The minimum Gasteiger partial charge on any atom is -0.495 e. The van der Waals surface area contributed by atoms with Gasteiger partial charge in [-0.25, -0.2) is 0 Å². The van der Waals surface area contributed by atoms with E-state index in [4.69, 9.17) is 4.74 Å². The van der Waals surface area contributed by atoms with E-state index in [1.807, 2.05) is 19.2 Å². The van der Waals surface area contributed by atoms with Crippen molar-refractivity contribution >= 4 is 5.69 Å². The molecule has 2 rings (SSSR count). The average molecular weight is 220 g/mol. The first kappa shape index (κ1) is 11.3. The Morgan fingerprint density at radius 3 is 2.94 bits per heavy atom. The molecule has 0 saturated carbocycles. The maximum atomic E-state index is 5.41. The minimum atomic E-state index is 0.596. The van der Waals surface area contributed by atoms with Gasteiger partial charge in [0.15, 0.2) is 0 Å². The van der Waals surface area contributed by atoms with Gasteiger partial charge in [-0.3, -0.25) is 0 Å². The molecule has 1 unspecified atom stereocenters. The smallest absolute Gasteiger partial charge is 0.142 e. The molecule has 1 heterocycles. The van der Waals surface area contributed by atoms with Crippen LogP contribution in [0, 0.1) is 0 Å². The zero-order valence-corrected chi connectivity index (χ0v) is 10.1. The van der Waals surface area contributed by atoms with Gasteiger partial charge in [0.1, 0.15) is 5.75 Å². The van der Waals surface area contributed by atoms with Crippen LogP contribution in [0.25, 0.3) is 0 Å². The zero-order valence-electron chi connectivity index (χ0n) is 10.1. The van der Waals surface area contributed by atoms with Crippen LogP contribution in [0.1, 0.15) is 12.8 Å². The van der Waals surface area contributed by atoms with Gasteiger partial charge in [-0.15, -0.1) is 0 Å². The Kier molecular flexibility index (Phi) is 3.67. The molecule has 16 heavy (non-hydrogen) atoms. The SMILES string of the molecule is CNC1CCCN(c2ccccc2OC)C1. The summed E-state index contributed by atoms with van der Waals surface area (Å²) in [5, 5.41) is 3.36. The van der Waals surface area contributed by atoms with E-state index in [0.717, 1.165) is 18.8 Å². The monoisotopic (exact) mass is 220 g/mol. The number of piperidine rings is 1. The molecule has 3 heteroatoms. The summed E-state index contributed by atoms with van der Waals surface area (Å²) < 4.78 is 5.41. The third-order valence-corrected chi connectivity index (χ3v) is 3.26. The van der Waals surface area contributed by atoms with Gasteiger partial charge in [0.25, 0.3) is 0 Å². The lowest BCUT2D eigenvalue weighted by Gasteiger charge is -2.34. The molecule has 0 spiro atoms. The van der Waals surface area contributed by atoms with Crippen LogP contribution in [-0.2, 0) is 0 Å². The lowest BCUT2D eigenvalue weighted by Crippen LogP contribution is -2.44.